The molecule has 0 radical (unpaired) electrons. The van der Waals surface area contributed by atoms with Crippen molar-refractivity contribution in [2.24, 2.45) is 0 Å². The summed E-state index contributed by atoms with van der Waals surface area (Å²) in [5, 5.41) is 26.4. The van der Waals surface area contributed by atoms with Crippen LogP contribution in [0, 0.1) is 17.0 Å². The second-order valence-corrected chi connectivity index (χ2v) is 7.57. The Labute approximate surface area is 191 Å². The van der Waals surface area contributed by atoms with Gasteiger partial charge in [-0.2, -0.15) is 0 Å². The van der Waals surface area contributed by atoms with Gasteiger partial charge in [-0.3, -0.25) is 24.6 Å². The lowest BCUT2D eigenvalue weighted by atomic mass is 9.95. The summed E-state index contributed by atoms with van der Waals surface area (Å²) >= 11 is 6.16. The van der Waals surface area contributed by atoms with Gasteiger partial charge in [-0.25, -0.2) is 0 Å². The van der Waals surface area contributed by atoms with E-state index in [4.69, 9.17) is 20.9 Å². The normalized spacial score (nSPS) is 17.4. The van der Waals surface area contributed by atoms with E-state index in [0.717, 1.165) is 4.90 Å². The number of methoxy groups -OCH3 is 1. The number of amides is 1. The second kappa shape index (κ2) is 8.40. The molecule has 4 rings (SSSR count). The van der Waals surface area contributed by atoms with Crippen molar-refractivity contribution < 1.29 is 28.9 Å². The van der Waals surface area contributed by atoms with Crippen LogP contribution in [-0.2, 0) is 9.59 Å². The Morgan fingerprint density at radius 1 is 1.24 bits per heavy atom. The van der Waals surface area contributed by atoms with Gasteiger partial charge in [0.2, 0.25) is 0 Å². The third kappa shape index (κ3) is 3.80. The third-order valence-corrected chi connectivity index (χ3v) is 5.42. The van der Waals surface area contributed by atoms with Crippen LogP contribution in [0.2, 0.25) is 5.02 Å². The molecular weight excluding hydrogens is 454 g/mol. The van der Waals surface area contributed by atoms with Crippen LogP contribution in [0.3, 0.4) is 0 Å². The number of Topliss-reactive ketones (excluding diaryl/α,β-unsaturated/α-hetero) is 1. The van der Waals surface area contributed by atoms with E-state index in [9.17, 15) is 24.8 Å². The predicted molar refractivity (Wildman–Crippen MR) is 117 cm³/mol. The van der Waals surface area contributed by atoms with Crippen LogP contribution in [-0.4, -0.2) is 34.0 Å². The van der Waals surface area contributed by atoms with Gasteiger partial charge in [-0.15, -0.1) is 0 Å². The number of nitro benzene ring substituents is 1. The third-order valence-electron chi connectivity index (χ3n) is 5.13. The largest absolute Gasteiger partial charge is 0.507 e. The highest BCUT2D eigenvalue weighted by Gasteiger charge is 2.48. The summed E-state index contributed by atoms with van der Waals surface area (Å²) in [6.07, 6.45) is 0. The van der Waals surface area contributed by atoms with Crippen LogP contribution in [0.15, 0.2) is 58.6 Å². The number of non-ortho nitro benzene ring substituents is 1. The van der Waals surface area contributed by atoms with Gasteiger partial charge in [0.25, 0.3) is 11.5 Å². The van der Waals surface area contributed by atoms with Crippen LogP contribution in [0.4, 0.5) is 11.5 Å². The number of carbonyl (C=O) groups is 2. The minimum absolute atomic E-state index is 0.0259. The number of anilines is 1. The van der Waals surface area contributed by atoms with Gasteiger partial charge in [0.15, 0.2) is 5.82 Å². The van der Waals surface area contributed by atoms with Crippen LogP contribution in [0.25, 0.3) is 5.76 Å². The Balaban J connectivity index is 1.96. The van der Waals surface area contributed by atoms with Crippen LogP contribution in [0.1, 0.15) is 22.9 Å². The van der Waals surface area contributed by atoms with Gasteiger partial charge >= 0.3 is 5.91 Å². The smallest absolute Gasteiger partial charge is 0.301 e. The molecule has 1 atom stereocenters. The highest BCUT2D eigenvalue weighted by atomic mass is 35.5. The van der Waals surface area contributed by atoms with Crippen LogP contribution < -0.4 is 9.64 Å². The highest BCUT2D eigenvalue weighted by molar-refractivity contribution is 6.51. The minimum atomic E-state index is -1.20. The molecule has 11 heteroatoms. The zero-order valence-electron chi connectivity index (χ0n) is 17.3. The van der Waals surface area contributed by atoms with Crippen molar-refractivity contribution in [2.75, 3.05) is 12.0 Å². The number of aryl methyl sites for hydroxylation is 1. The Kier molecular flexibility index (Phi) is 5.60. The van der Waals surface area contributed by atoms with Gasteiger partial charge < -0.3 is 14.4 Å². The Morgan fingerprint density at radius 3 is 2.61 bits per heavy atom. The first-order valence-corrected chi connectivity index (χ1v) is 9.93. The SMILES string of the molecule is COc1ccc(/C(O)=C2\C(=O)C(=O)N(c3cc(C)on3)[C@H]2c2cccc([N+](=O)[O-])c2)cc1Cl. The summed E-state index contributed by atoms with van der Waals surface area (Å²) < 4.78 is 10.2. The van der Waals surface area contributed by atoms with Crippen molar-refractivity contribution in [3.63, 3.8) is 0 Å². The summed E-state index contributed by atoms with van der Waals surface area (Å²) in [4.78, 5) is 37.8. The first-order chi connectivity index (χ1) is 15.7. The van der Waals surface area contributed by atoms with Crippen molar-refractivity contribution in [3.8, 4) is 5.75 Å². The van der Waals surface area contributed by atoms with E-state index >= 15 is 0 Å². The molecule has 0 bridgehead atoms. The number of carbonyl (C=O) groups excluding carboxylic acids is 2. The number of rotatable bonds is 5. The van der Waals surface area contributed by atoms with Gasteiger partial charge in [-0.1, -0.05) is 28.9 Å². The number of aliphatic hydroxyl groups excluding tert-OH is 1. The van der Waals surface area contributed by atoms with Gasteiger partial charge in [0.05, 0.1) is 28.7 Å². The number of halogens is 1. The monoisotopic (exact) mass is 469 g/mol. The molecule has 10 nitrogen and oxygen atoms in total. The molecule has 1 fully saturated rings. The minimum Gasteiger partial charge on any atom is -0.507 e. The first kappa shape index (κ1) is 22.0. The number of aromatic nitrogens is 1. The standard InChI is InChI=1S/C22H16ClN3O7/c1-11-8-17(24-33-11)25-19(12-4-3-5-14(9-12)26(30)31)18(21(28)22(25)29)20(27)13-6-7-16(32-2)15(23)10-13/h3-10,19,27H,1-2H3/b20-18+/t19-/m0/s1. The van der Waals surface area contributed by atoms with Crippen molar-refractivity contribution in [3.05, 3.63) is 86.1 Å². The molecule has 33 heavy (non-hydrogen) atoms. The van der Waals surface area contributed by atoms with Gasteiger partial charge in [-0.05, 0) is 30.7 Å². The Bertz CT molecular complexity index is 1330. The fourth-order valence-electron chi connectivity index (χ4n) is 3.63. The maximum Gasteiger partial charge on any atom is 0.301 e. The molecule has 1 saturated heterocycles. The zero-order chi connectivity index (χ0) is 23.9. The molecule has 0 spiro atoms. The van der Waals surface area contributed by atoms with Gasteiger partial charge in [0.1, 0.15) is 17.3 Å². The van der Waals surface area contributed by atoms with E-state index in [-0.39, 0.29) is 33.2 Å². The van der Waals surface area contributed by atoms with E-state index in [1.54, 1.807) is 6.92 Å². The number of hydrogen-bond acceptors (Lipinski definition) is 8. The lowest BCUT2D eigenvalue weighted by Crippen LogP contribution is -2.29. The molecule has 0 unspecified atom stereocenters. The Morgan fingerprint density at radius 2 is 2.00 bits per heavy atom. The molecule has 0 aliphatic carbocycles. The lowest BCUT2D eigenvalue weighted by molar-refractivity contribution is -0.384. The van der Waals surface area contributed by atoms with E-state index in [1.165, 1.54) is 55.6 Å². The number of nitro groups is 1. The summed E-state index contributed by atoms with van der Waals surface area (Å²) in [7, 11) is 1.43. The van der Waals surface area contributed by atoms with Crippen molar-refractivity contribution in [2.45, 2.75) is 13.0 Å². The summed E-state index contributed by atoms with van der Waals surface area (Å²) in [6, 6.07) is 10.0. The maximum absolute atomic E-state index is 13.1. The molecule has 2 heterocycles. The van der Waals surface area contributed by atoms with E-state index in [2.05, 4.69) is 5.16 Å². The fourth-order valence-corrected chi connectivity index (χ4v) is 3.89. The second-order valence-electron chi connectivity index (χ2n) is 7.17. The van der Waals surface area contributed by atoms with Crippen LogP contribution in [0.5, 0.6) is 5.75 Å². The van der Waals surface area contributed by atoms with E-state index in [0.29, 0.717) is 11.5 Å². The number of aliphatic hydroxyl groups is 1. The number of ketones is 1. The number of ether oxygens (including phenoxy) is 1. The molecule has 1 aliphatic rings. The quantitative estimate of drug-likeness (QED) is 0.193. The number of hydrogen-bond donors (Lipinski definition) is 1. The molecule has 3 aromatic rings. The van der Waals surface area contributed by atoms with Crippen molar-refractivity contribution in [1.29, 1.82) is 0 Å². The first-order valence-electron chi connectivity index (χ1n) is 9.55. The van der Waals surface area contributed by atoms with Crippen molar-refractivity contribution in [1.82, 2.24) is 5.16 Å². The summed E-state index contributed by atoms with van der Waals surface area (Å²) in [6.45, 7) is 1.61. The molecule has 1 N–H and O–H groups in total. The molecule has 168 valence electrons. The predicted octanol–water partition coefficient (Wildman–Crippen LogP) is 4.18. The fraction of sp³-hybridized carbons (Fsp3) is 0.136. The maximum atomic E-state index is 13.1. The van der Waals surface area contributed by atoms with Crippen molar-refractivity contribution >= 4 is 40.6 Å². The van der Waals surface area contributed by atoms with Crippen LogP contribution >= 0.6 is 11.6 Å². The number of benzene rings is 2. The zero-order valence-corrected chi connectivity index (χ0v) is 18.1. The molecule has 1 aromatic heterocycles. The average molecular weight is 470 g/mol. The van der Waals surface area contributed by atoms with Gasteiger partial charge in [0, 0.05) is 23.8 Å². The molecule has 0 saturated carbocycles. The lowest BCUT2D eigenvalue weighted by Gasteiger charge is -2.22. The topological polar surface area (TPSA) is 136 Å². The van der Waals surface area contributed by atoms with E-state index in [1.807, 2.05) is 0 Å². The number of nitrogens with zero attached hydrogens (tertiary/aromatic N) is 3. The molecular formula is C22H16ClN3O7. The highest BCUT2D eigenvalue weighted by Crippen LogP contribution is 2.43. The molecule has 2 aromatic carbocycles. The summed E-state index contributed by atoms with van der Waals surface area (Å²) in [5.41, 5.74) is -0.139. The summed E-state index contributed by atoms with van der Waals surface area (Å²) in [5.74, 6) is -1.71. The Hall–Kier alpha value is -4.18. The molecule has 1 aliphatic heterocycles. The van der Waals surface area contributed by atoms with E-state index < -0.39 is 28.4 Å². The molecule has 1 amide bonds. The average Bonchev–Trinajstić information content (AvgIpc) is 3.34.